The van der Waals surface area contributed by atoms with E-state index in [2.05, 4.69) is 9.72 Å². The number of ether oxygens (including phenoxy) is 1. The Labute approximate surface area is 103 Å². The summed E-state index contributed by atoms with van der Waals surface area (Å²) < 4.78 is 67.1. The Hall–Kier alpha value is -2.24. The molecule has 0 amide bonds. The van der Waals surface area contributed by atoms with Crippen molar-refractivity contribution in [3.05, 3.63) is 28.6 Å². The van der Waals surface area contributed by atoms with Crippen molar-refractivity contribution in [3.63, 3.8) is 0 Å². The van der Waals surface area contributed by atoms with Crippen molar-refractivity contribution < 1.29 is 31.5 Å². The van der Waals surface area contributed by atoms with Crippen molar-refractivity contribution in [1.29, 1.82) is 5.26 Å². The Morgan fingerprint density at radius 3 is 2.42 bits per heavy atom. The van der Waals surface area contributed by atoms with Gasteiger partial charge in [-0.2, -0.15) is 18.4 Å². The Kier molecular flexibility index (Phi) is 4.04. The lowest BCUT2D eigenvalue weighted by Gasteiger charge is -2.13. The molecule has 1 aromatic rings. The molecule has 0 aliphatic heterocycles. The molecular formula is C10H5F5N2O2. The molecule has 0 saturated carbocycles. The van der Waals surface area contributed by atoms with E-state index in [1.54, 1.807) is 0 Å². The third-order valence-electron chi connectivity index (χ3n) is 2.11. The van der Waals surface area contributed by atoms with Gasteiger partial charge in [-0.3, -0.25) is 4.98 Å². The van der Waals surface area contributed by atoms with E-state index in [0.717, 1.165) is 13.2 Å². The number of rotatable bonds is 2. The van der Waals surface area contributed by atoms with E-state index in [1.165, 1.54) is 0 Å². The minimum atomic E-state index is -5.07. The molecular weight excluding hydrogens is 275 g/mol. The zero-order chi connectivity index (χ0) is 14.8. The van der Waals surface area contributed by atoms with Crippen LogP contribution in [0.15, 0.2) is 6.20 Å². The van der Waals surface area contributed by atoms with Crippen molar-refractivity contribution in [2.75, 3.05) is 7.11 Å². The van der Waals surface area contributed by atoms with Gasteiger partial charge in [-0.1, -0.05) is 0 Å². The van der Waals surface area contributed by atoms with E-state index in [9.17, 15) is 26.7 Å². The van der Waals surface area contributed by atoms with Gasteiger partial charge in [0.05, 0.1) is 18.2 Å². The summed E-state index contributed by atoms with van der Waals surface area (Å²) in [5.41, 5.74) is -5.20. The SMILES string of the molecule is COC(=O)c1c(C(F)(F)F)ncc(C(F)F)c1C#N. The Morgan fingerprint density at radius 2 is 2.05 bits per heavy atom. The zero-order valence-corrected chi connectivity index (χ0v) is 9.26. The fourth-order valence-corrected chi connectivity index (χ4v) is 1.33. The number of carbonyl (C=O) groups is 1. The predicted octanol–water partition coefficient (Wildman–Crippen LogP) is 2.70. The molecule has 1 aromatic heterocycles. The number of alkyl halides is 5. The van der Waals surface area contributed by atoms with E-state index in [1.807, 2.05) is 0 Å². The van der Waals surface area contributed by atoms with Gasteiger partial charge in [-0.05, 0) is 0 Å². The van der Waals surface area contributed by atoms with Gasteiger partial charge in [-0.25, -0.2) is 13.6 Å². The number of hydrogen-bond donors (Lipinski definition) is 0. The van der Waals surface area contributed by atoms with Gasteiger partial charge in [-0.15, -0.1) is 0 Å². The first-order chi connectivity index (χ1) is 8.73. The number of methoxy groups -OCH3 is 1. The maximum Gasteiger partial charge on any atom is 0.434 e. The smallest absolute Gasteiger partial charge is 0.434 e. The van der Waals surface area contributed by atoms with E-state index < -0.39 is 41.0 Å². The number of hydrogen-bond acceptors (Lipinski definition) is 4. The quantitative estimate of drug-likeness (QED) is 0.617. The number of esters is 1. The maximum atomic E-state index is 12.6. The molecule has 0 radical (unpaired) electrons. The third kappa shape index (κ3) is 2.78. The fourth-order valence-electron chi connectivity index (χ4n) is 1.33. The van der Waals surface area contributed by atoms with E-state index >= 15 is 0 Å². The molecule has 0 spiro atoms. The number of nitriles is 1. The highest BCUT2D eigenvalue weighted by Gasteiger charge is 2.40. The molecule has 19 heavy (non-hydrogen) atoms. The van der Waals surface area contributed by atoms with Crippen molar-refractivity contribution in [2.24, 2.45) is 0 Å². The van der Waals surface area contributed by atoms with Gasteiger partial charge in [0, 0.05) is 6.20 Å². The molecule has 0 aliphatic carbocycles. The lowest BCUT2D eigenvalue weighted by molar-refractivity contribution is -0.141. The first-order valence-corrected chi connectivity index (χ1v) is 4.60. The molecule has 0 saturated heterocycles. The molecule has 0 N–H and O–H groups in total. The van der Waals surface area contributed by atoms with Gasteiger partial charge in [0.2, 0.25) is 0 Å². The predicted molar refractivity (Wildman–Crippen MR) is 50.3 cm³/mol. The number of halogens is 5. The largest absolute Gasteiger partial charge is 0.465 e. The standard InChI is InChI=1S/C10H5F5N2O2/c1-19-9(18)6-4(2-16)5(8(11)12)3-17-7(6)10(13,14)15/h3,8H,1H3. The first-order valence-electron chi connectivity index (χ1n) is 4.60. The average Bonchev–Trinajstić information content (AvgIpc) is 2.34. The second kappa shape index (κ2) is 5.17. The summed E-state index contributed by atoms with van der Waals surface area (Å²) >= 11 is 0. The lowest BCUT2D eigenvalue weighted by atomic mass is 10.0. The van der Waals surface area contributed by atoms with E-state index in [0.29, 0.717) is 0 Å². The van der Waals surface area contributed by atoms with Crippen LogP contribution < -0.4 is 0 Å². The zero-order valence-electron chi connectivity index (χ0n) is 9.26. The third-order valence-corrected chi connectivity index (χ3v) is 2.11. The summed E-state index contributed by atoms with van der Waals surface area (Å²) in [5, 5.41) is 8.70. The monoisotopic (exact) mass is 280 g/mol. The van der Waals surface area contributed by atoms with Crippen LogP contribution in [0.2, 0.25) is 0 Å². The topological polar surface area (TPSA) is 63.0 Å². The van der Waals surface area contributed by atoms with Crippen LogP contribution in [0.4, 0.5) is 22.0 Å². The van der Waals surface area contributed by atoms with Crippen LogP contribution in [0.5, 0.6) is 0 Å². The highest BCUT2D eigenvalue weighted by atomic mass is 19.4. The van der Waals surface area contributed by atoms with Crippen LogP contribution in [-0.2, 0) is 10.9 Å². The molecule has 9 heteroatoms. The van der Waals surface area contributed by atoms with Crippen LogP contribution in [0, 0.1) is 11.3 Å². The highest BCUT2D eigenvalue weighted by Crippen LogP contribution is 2.35. The van der Waals surface area contributed by atoms with E-state index in [-0.39, 0.29) is 6.20 Å². The fraction of sp³-hybridized carbons (Fsp3) is 0.300. The molecule has 1 rings (SSSR count). The van der Waals surface area contributed by atoms with Crippen molar-refractivity contribution in [2.45, 2.75) is 12.6 Å². The van der Waals surface area contributed by atoms with Crippen LogP contribution >= 0.6 is 0 Å². The maximum absolute atomic E-state index is 12.6. The summed E-state index contributed by atoms with van der Waals surface area (Å²) in [7, 11) is 0.763. The molecule has 0 fully saturated rings. The van der Waals surface area contributed by atoms with Gasteiger partial charge in [0.25, 0.3) is 6.43 Å². The minimum Gasteiger partial charge on any atom is -0.465 e. The van der Waals surface area contributed by atoms with Gasteiger partial charge in [0.1, 0.15) is 11.6 Å². The van der Waals surface area contributed by atoms with Crippen LogP contribution in [0.1, 0.15) is 33.6 Å². The van der Waals surface area contributed by atoms with Crippen molar-refractivity contribution in [3.8, 4) is 6.07 Å². The Bertz CT molecular complexity index is 548. The minimum absolute atomic E-state index is 0.221. The number of aromatic nitrogens is 1. The van der Waals surface area contributed by atoms with E-state index in [4.69, 9.17) is 5.26 Å². The molecule has 0 aromatic carbocycles. The summed E-state index contributed by atoms with van der Waals surface area (Å²) in [6.45, 7) is 0. The summed E-state index contributed by atoms with van der Waals surface area (Å²) in [4.78, 5) is 14.1. The molecule has 0 aliphatic rings. The number of carbonyl (C=O) groups excluding carboxylic acids is 1. The number of pyridine rings is 1. The Balaban J connectivity index is 3.72. The summed E-state index contributed by atoms with van der Waals surface area (Å²) in [6, 6.07) is 1.15. The second-order valence-corrected chi connectivity index (χ2v) is 3.21. The van der Waals surface area contributed by atoms with Gasteiger partial charge < -0.3 is 4.74 Å². The van der Waals surface area contributed by atoms with Crippen LogP contribution in [0.25, 0.3) is 0 Å². The normalized spacial score (nSPS) is 11.3. The van der Waals surface area contributed by atoms with Crippen molar-refractivity contribution >= 4 is 5.97 Å². The van der Waals surface area contributed by atoms with Gasteiger partial charge in [0.15, 0.2) is 5.69 Å². The molecule has 0 atom stereocenters. The average molecular weight is 280 g/mol. The molecule has 1 heterocycles. The molecule has 0 bridgehead atoms. The van der Waals surface area contributed by atoms with Crippen LogP contribution in [-0.4, -0.2) is 18.1 Å². The summed E-state index contributed by atoms with van der Waals surface area (Å²) in [5.74, 6) is -1.56. The number of nitrogens with zero attached hydrogens (tertiary/aromatic N) is 2. The highest BCUT2D eigenvalue weighted by molar-refractivity contribution is 5.94. The van der Waals surface area contributed by atoms with Gasteiger partial charge >= 0.3 is 12.1 Å². The second-order valence-electron chi connectivity index (χ2n) is 3.21. The Morgan fingerprint density at radius 1 is 1.47 bits per heavy atom. The lowest BCUT2D eigenvalue weighted by Crippen LogP contribution is -2.19. The molecule has 0 unspecified atom stereocenters. The van der Waals surface area contributed by atoms with Crippen LogP contribution in [0.3, 0.4) is 0 Å². The van der Waals surface area contributed by atoms with Crippen molar-refractivity contribution in [1.82, 2.24) is 4.98 Å². The molecule has 4 nitrogen and oxygen atoms in total. The summed E-state index contributed by atoms with van der Waals surface area (Å²) in [6.07, 6.45) is -8.10. The molecule has 102 valence electrons. The first kappa shape index (κ1) is 14.8.